The van der Waals surface area contributed by atoms with Gasteiger partial charge in [-0.2, -0.15) is 0 Å². The molecule has 2 rings (SSSR count). The summed E-state index contributed by atoms with van der Waals surface area (Å²) in [6.07, 6.45) is 4.13. The van der Waals surface area contributed by atoms with Crippen molar-refractivity contribution in [1.29, 1.82) is 0 Å². The lowest BCUT2D eigenvalue weighted by molar-refractivity contribution is -0.121. The van der Waals surface area contributed by atoms with Gasteiger partial charge in [0.25, 0.3) is 10.0 Å². The van der Waals surface area contributed by atoms with Crippen LogP contribution in [0.25, 0.3) is 0 Å². The Morgan fingerprint density at radius 2 is 2.07 bits per heavy atom. The molecule has 1 aromatic heterocycles. The molecule has 1 heterocycles. The third kappa shape index (κ3) is 5.69. The molecule has 0 aliphatic carbocycles. The number of thioether (sulfide) groups is 1. The summed E-state index contributed by atoms with van der Waals surface area (Å²) in [6.45, 7) is 1.95. The summed E-state index contributed by atoms with van der Waals surface area (Å²) in [4.78, 5) is 28.6. The first-order chi connectivity index (χ1) is 13.3. The standard InChI is InChI=1S/C17H22N4O4S3/c1-4-12(16-19-7-8-27-16)20-15(22)10-11-5-6-13(26-3)14(9-11)28(24,25)21-17(23)18-2/h5-9,12H,4,10H2,1-3H3,(H,20,22)(H2,18,21,23). The van der Waals surface area contributed by atoms with E-state index in [0.717, 1.165) is 5.01 Å². The quantitative estimate of drug-likeness (QED) is 0.540. The van der Waals surface area contributed by atoms with Gasteiger partial charge in [0.05, 0.1) is 12.5 Å². The van der Waals surface area contributed by atoms with E-state index < -0.39 is 16.1 Å². The minimum absolute atomic E-state index is 0.0129. The predicted octanol–water partition coefficient (Wildman–Crippen LogP) is 2.29. The number of thiazole rings is 1. The summed E-state index contributed by atoms with van der Waals surface area (Å²) in [6, 6.07) is 3.74. The molecule has 8 nitrogen and oxygen atoms in total. The maximum absolute atomic E-state index is 12.5. The second kappa shape index (κ2) is 9.89. The normalized spacial score (nSPS) is 12.2. The number of nitrogens with zero attached hydrogens (tertiary/aromatic N) is 1. The molecule has 1 aromatic carbocycles. The number of urea groups is 1. The second-order valence-electron chi connectivity index (χ2n) is 5.75. The van der Waals surface area contributed by atoms with Crippen LogP contribution in [-0.2, 0) is 21.2 Å². The van der Waals surface area contributed by atoms with Gasteiger partial charge in [0.2, 0.25) is 5.91 Å². The maximum atomic E-state index is 12.5. The third-order valence-corrected chi connectivity index (χ3v) is 7.01. The van der Waals surface area contributed by atoms with E-state index in [1.54, 1.807) is 24.6 Å². The second-order valence-corrected chi connectivity index (χ2v) is 9.17. The van der Waals surface area contributed by atoms with Crippen LogP contribution >= 0.6 is 23.1 Å². The van der Waals surface area contributed by atoms with Gasteiger partial charge in [0.15, 0.2) is 0 Å². The average Bonchev–Trinajstić information content (AvgIpc) is 3.20. The summed E-state index contributed by atoms with van der Waals surface area (Å²) in [5.74, 6) is -0.235. The van der Waals surface area contributed by atoms with Gasteiger partial charge in [-0.25, -0.2) is 22.9 Å². The van der Waals surface area contributed by atoms with Crippen molar-refractivity contribution in [2.45, 2.75) is 35.6 Å². The van der Waals surface area contributed by atoms with Crippen LogP contribution in [0.5, 0.6) is 0 Å². The number of sulfonamides is 1. The van der Waals surface area contributed by atoms with Gasteiger partial charge in [0, 0.05) is 23.5 Å². The molecular weight excluding hydrogens is 420 g/mol. The summed E-state index contributed by atoms with van der Waals surface area (Å²) >= 11 is 2.71. The molecule has 0 saturated heterocycles. The molecular formula is C17H22N4O4S3. The Hall–Kier alpha value is -2.11. The fourth-order valence-corrected chi connectivity index (χ4v) is 5.36. The number of hydrogen-bond donors (Lipinski definition) is 3. The Bertz CT molecular complexity index is 930. The fraction of sp³-hybridized carbons (Fsp3) is 0.353. The first-order valence-electron chi connectivity index (χ1n) is 8.41. The molecule has 0 saturated carbocycles. The highest BCUT2D eigenvalue weighted by molar-refractivity contribution is 7.99. The first kappa shape index (κ1) is 22.2. The van der Waals surface area contributed by atoms with Crippen molar-refractivity contribution < 1.29 is 18.0 Å². The van der Waals surface area contributed by atoms with E-state index in [4.69, 9.17) is 0 Å². The lowest BCUT2D eigenvalue weighted by Crippen LogP contribution is -2.37. The van der Waals surface area contributed by atoms with Gasteiger partial charge in [0.1, 0.15) is 9.90 Å². The van der Waals surface area contributed by atoms with Crippen LogP contribution in [0.15, 0.2) is 39.6 Å². The zero-order chi connectivity index (χ0) is 20.7. The number of aromatic nitrogens is 1. The van der Waals surface area contributed by atoms with Crippen LogP contribution in [0.4, 0.5) is 4.79 Å². The Morgan fingerprint density at radius 3 is 2.64 bits per heavy atom. The molecule has 11 heteroatoms. The molecule has 0 aliphatic heterocycles. The van der Waals surface area contributed by atoms with Crippen LogP contribution in [0.3, 0.4) is 0 Å². The first-order valence-corrected chi connectivity index (χ1v) is 12.0. The van der Waals surface area contributed by atoms with Gasteiger partial charge in [-0.1, -0.05) is 13.0 Å². The highest BCUT2D eigenvalue weighted by Crippen LogP contribution is 2.26. The predicted molar refractivity (Wildman–Crippen MR) is 110 cm³/mol. The third-order valence-electron chi connectivity index (χ3n) is 3.83. The molecule has 1 atom stereocenters. The largest absolute Gasteiger partial charge is 0.347 e. The minimum atomic E-state index is -4.06. The van der Waals surface area contributed by atoms with Crippen molar-refractivity contribution in [2.75, 3.05) is 13.3 Å². The minimum Gasteiger partial charge on any atom is -0.347 e. The smallest absolute Gasteiger partial charge is 0.328 e. The summed E-state index contributed by atoms with van der Waals surface area (Å²) in [5.41, 5.74) is 0.529. The number of rotatable bonds is 8. The molecule has 0 bridgehead atoms. The van der Waals surface area contributed by atoms with Gasteiger partial charge in [-0.3, -0.25) is 4.79 Å². The van der Waals surface area contributed by atoms with Gasteiger partial charge in [-0.05, 0) is 30.4 Å². The summed E-state index contributed by atoms with van der Waals surface area (Å²) in [7, 11) is -2.73. The Morgan fingerprint density at radius 1 is 1.32 bits per heavy atom. The lowest BCUT2D eigenvalue weighted by Gasteiger charge is -2.15. The number of benzene rings is 1. The Balaban J connectivity index is 2.20. The summed E-state index contributed by atoms with van der Waals surface area (Å²) in [5, 5.41) is 7.81. The van der Waals surface area contributed by atoms with Crippen molar-refractivity contribution >= 4 is 45.1 Å². The molecule has 0 spiro atoms. The van der Waals surface area contributed by atoms with Crippen LogP contribution in [0.1, 0.15) is 30.0 Å². The molecule has 2 aromatic rings. The van der Waals surface area contributed by atoms with E-state index in [9.17, 15) is 18.0 Å². The highest BCUT2D eigenvalue weighted by atomic mass is 32.2. The molecule has 28 heavy (non-hydrogen) atoms. The number of hydrogen-bond acceptors (Lipinski definition) is 7. The van der Waals surface area contributed by atoms with E-state index >= 15 is 0 Å². The zero-order valence-corrected chi connectivity index (χ0v) is 18.1. The monoisotopic (exact) mass is 442 g/mol. The number of carbonyl (C=O) groups excluding carboxylic acids is 2. The molecule has 0 radical (unpaired) electrons. The fourth-order valence-electron chi connectivity index (χ4n) is 2.44. The van der Waals surface area contributed by atoms with E-state index in [1.165, 1.54) is 36.2 Å². The van der Waals surface area contributed by atoms with Crippen molar-refractivity contribution in [1.82, 2.24) is 20.3 Å². The number of amides is 3. The van der Waals surface area contributed by atoms with Crippen LogP contribution in [0, 0.1) is 0 Å². The van der Waals surface area contributed by atoms with Gasteiger partial charge < -0.3 is 10.6 Å². The van der Waals surface area contributed by atoms with Crippen molar-refractivity contribution in [3.05, 3.63) is 40.3 Å². The molecule has 1 unspecified atom stereocenters. The Labute approximate surface area is 172 Å². The van der Waals surface area contributed by atoms with Crippen LogP contribution in [0.2, 0.25) is 0 Å². The van der Waals surface area contributed by atoms with Crippen LogP contribution < -0.4 is 15.4 Å². The van der Waals surface area contributed by atoms with E-state index in [0.29, 0.717) is 16.9 Å². The lowest BCUT2D eigenvalue weighted by atomic mass is 10.1. The van der Waals surface area contributed by atoms with Gasteiger partial charge >= 0.3 is 6.03 Å². The molecule has 0 aliphatic rings. The molecule has 3 N–H and O–H groups in total. The zero-order valence-electron chi connectivity index (χ0n) is 15.7. The van der Waals surface area contributed by atoms with Gasteiger partial charge in [-0.15, -0.1) is 23.1 Å². The summed E-state index contributed by atoms with van der Waals surface area (Å²) < 4.78 is 27.0. The average molecular weight is 443 g/mol. The van der Waals surface area contributed by atoms with Crippen molar-refractivity contribution in [3.8, 4) is 0 Å². The molecule has 152 valence electrons. The number of nitrogens with one attached hydrogen (secondary N) is 3. The van der Waals surface area contributed by atoms with Crippen molar-refractivity contribution in [3.63, 3.8) is 0 Å². The van der Waals surface area contributed by atoms with Crippen LogP contribution in [-0.4, -0.2) is 38.6 Å². The Kier molecular flexibility index (Phi) is 7.84. The molecule has 3 amide bonds. The number of carbonyl (C=O) groups is 2. The highest BCUT2D eigenvalue weighted by Gasteiger charge is 2.22. The topological polar surface area (TPSA) is 117 Å². The van der Waals surface area contributed by atoms with Crippen molar-refractivity contribution in [2.24, 2.45) is 0 Å². The van der Waals surface area contributed by atoms with E-state index in [1.807, 2.05) is 17.0 Å². The van der Waals surface area contributed by atoms with E-state index in [-0.39, 0.29) is 23.3 Å². The molecule has 0 fully saturated rings. The van der Waals surface area contributed by atoms with E-state index in [2.05, 4.69) is 15.6 Å². The SMILES string of the molecule is CCC(NC(=O)Cc1ccc(SC)c(S(=O)(=O)NC(=O)NC)c1)c1nccs1. The maximum Gasteiger partial charge on any atom is 0.328 e.